The first-order valence-corrected chi connectivity index (χ1v) is 5.60. The van der Waals surface area contributed by atoms with Crippen molar-refractivity contribution >= 4 is 5.69 Å². The van der Waals surface area contributed by atoms with Crippen molar-refractivity contribution in [3.05, 3.63) is 36.0 Å². The summed E-state index contributed by atoms with van der Waals surface area (Å²) in [6.07, 6.45) is 2.93. The number of nitrogens with zero attached hydrogens (tertiary/aromatic N) is 2. The average Bonchev–Trinajstić information content (AvgIpc) is 2.71. The molecule has 0 bridgehead atoms. The lowest BCUT2D eigenvalue weighted by Crippen LogP contribution is -2.01. The molecule has 0 spiro atoms. The van der Waals surface area contributed by atoms with Crippen LogP contribution in [0.4, 0.5) is 5.69 Å². The molecule has 1 heterocycles. The highest BCUT2D eigenvalue weighted by Crippen LogP contribution is 2.23. The summed E-state index contributed by atoms with van der Waals surface area (Å²) in [5.74, 6) is 0. The van der Waals surface area contributed by atoms with Crippen molar-refractivity contribution in [2.24, 2.45) is 0 Å². The lowest BCUT2D eigenvalue weighted by molar-refractivity contribution is 0.609. The molecule has 2 rings (SSSR count). The second-order valence-corrected chi connectivity index (χ2v) is 4.01. The minimum absolute atomic E-state index is 0.838. The number of rotatable bonds is 3. The van der Waals surface area contributed by atoms with E-state index in [1.165, 1.54) is 5.56 Å². The quantitative estimate of drug-likeness (QED) is 0.800. The van der Waals surface area contributed by atoms with Crippen molar-refractivity contribution in [2.45, 2.75) is 26.8 Å². The smallest absolute Gasteiger partial charge is 0.0682 e. The minimum Gasteiger partial charge on any atom is -0.399 e. The standard InChI is InChI=1S/C13H17N3/c1-3-8-16-13(6-7-15-16)11-4-5-12(14)10(2)9-11/h4-7,9H,3,8,14H2,1-2H3. The summed E-state index contributed by atoms with van der Waals surface area (Å²) in [4.78, 5) is 0. The summed E-state index contributed by atoms with van der Waals surface area (Å²) < 4.78 is 2.03. The Morgan fingerprint density at radius 3 is 2.81 bits per heavy atom. The Balaban J connectivity index is 2.42. The topological polar surface area (TPSA) is 43.8 Å². The van der Waals surface area contributed by atoms with E-state index >= 15 is 0 Å². The normalized spacial score (nSPS) is 10.6. The van der Waals surface area contributed by atoms with Crippen LogP contribution in [0.25, 0.3) is 11.3 Å². The molecule has 3 heteroatoms. The van der Waals surface area contributed by atoms with Gasteiger partial charge in [-0.15, -0.1) is 0 Å². The number of nitrogens with two attached hydrogens (primary N) is 1. The van der Waals surface area contributed by atoms with E-state index in [9.17, 15) is 0 Å². The Bertz CT molecular complexity index is 486. The molecule has 0 fully saturated rings. The van der Waals surface area contributed by atoms with Crippen LogP contribution in [0.3, 0.4) is 0 Å². The van der Waals surface area contributed by atoms with Crippen LogP contribution in [-0.2, 0) is 6.54 Å². The lowest BCUT2D eigenvalue weighted by atomic mass is 10.1. The van der Waals surface area contributed by atoms with Gasteiger partial charge in [0.1, 0.15) is 0 Å². The molecule has 0 aliphatic heterocycles. The van der Waals surface area contributed by atoms with E-state index in [0.29, 0.717) is 0 Å². The number of anilines is 1. The molecule has 2 aromatic rings. The summed E-state index contributed by atoms with van der Waals surface area (Å²) in [5, 5.41) is 4.32. The number of benzene rings is 1. The maximum Gasteiger partial charge on any atom is 0.0682 e. The van der Waals surface area contributed by atoms with Gasteiger partial charge in [0.25, 0.3) is 0 Å². The largest absolute Gasteiger partial charge is 0.399 e. The van der Waals surface area contributed by atoms with Gasteiger partial charge in [-0.2, -0.15) is 5.10 Å². The molecule has 0 radical (unpaired) electrons. The van der Waals surface area contributed by atoms with Gasteiger partial charge in [-0.3, -0.25) is 4.68 Å². The van der Waals surface area contributed by atoms with E-state index in [1.807, 2.05) is 36.0 Å². The zero-order valence-corrected chi connectivity index (χ0v) is 9.77. The number of hydrogen-bond acceptors (Lipinski definition) is 2. The third-order valence-electron chi connectivity index (χ3n) is 2.72. The van der Waals surface area contributed by atoms with Gasteiger partial charge in [-0.05, 0) is 37.1 Å². The molecule has 0 aliphatic rings. The number of aromatic nitrogens is 2. The Morgan fingerprint density at radius 2 is 2.12 bits per heavy atom. The van der Waals surface area contributed by atoms with Crippen molar-refractivity contribution in [3.63, 3.8) is 0 Å². The van der Waals surface area contributed by atoms with Crippen LogP contribution in [0.2, 0.25) is 0 Å². The molecule has 1 aromatic carbocycles. The molecular formula is C13H17N3. The van der Waals surface area contributed by atoms with Gasteiger partial charge in [0.2, 0.25) is 0 Å². The maximum absolute atomic E-state index is 5.82. The number of aryl methyl sites for hydroxylation is 2. The second-order valence-electron chi connectivity index (χ2n) is 4.01. The first kappa shape index (κ1) is 10.7. The molecule has 3 nitrogen and oxygen atoms in total. The van der Waals surface area contributed by atoms with Gasteiger partial charge < -0.3 is 5.73 Å². The average molecular weight is 215 g/mol. The number of hydrogen-bond donors (Lipinski definition) is 1. The van der Waals surface area contributed by atoms with Crippen LogP contribution in [0, 0.1) is 6.92 Å². The molecule has 16 heavy (non-hydrogen) atoms. The Kier molecular flexibility index (Phi) is 2.95. The summed E-state index contributed by atoms with van der Waals surface area (Å²) in [6.45, 7) is 5.13. The third kappa shape index (κ3) is 1.94. The van der Waals surface area contributed by atoms with E-state index in [4.69, 9.17) is 5.73 Å². The SMILES string of the molecule is CCCn1nccc1-c1ccc(N)c(C)c1. The lowest BCUT2D eigenvalue weighted by Gasteiger charge is -2.08. The highest BCUT2D eigenvalue weighted by molar-refractivity contribution is 5.64. The fraction of sp³-hybridized carbons (Fsp3) is 0.308. The van der Waals surface area contributed by atoms with Crippen molar-refractivity contribution in [3.8, 4) is 11.3 Å². The van der Waals surface area contributed by atoms with Gasteiger partial charge in [0.05, 0.1) is 5.69 Å². The Morgan fingerprint density at radius 1 is 1.31 bits per heavy atom. The molecule has 84 valence electrons. The van der Waals surface area contributed by atoms with E-state index in [-0.39, 0.29) is 0 Å². The van der Waals surface area contributed by atoms with Crippen molar-refractivity contribution in [1.29, 1.82) is 0 Å². The van der Waals surface area contributed by atoms with Gasteiger partial charge in [-0.25, -0.2) is 0 Å². The number of nitrogen functional groups attached to an aromatic ring is 1. The minimum atomic E-state index is 0.838. The zero-order valence-electron chi connectivity index (χ0n) is 9.77. The highest BCUT2D eigenvalue weighted by Gasteiger charge is 2.05. The van der Waals surface area contributed by atoms with Crippen molar-refractivity contribution < 1.29 is 0 Å². The van der Waals surface area contributed by atoms with Gasteiger partial charge in [0, 0.05) is 24.0 Å². The second kappa shape index (κ2) is 4.39. The molecule has 0 amide bonds. The van der Waals surface area contributed by atoms with Gasteiger partial charge in [-0.1, -0.05) is 13.0 Å². The summed E-state index contributed by atoms with van der Waals surface area (Å²) in [7, 11) is 0. The Labute approximate surface area is 95.9 Å². The first-order chi connectivity index (χ1) is 7.72. The van der Waals surface area contributed by atoms with Crippen LogP contribution in [0.1, 0.15) is 18.9 Å². The van der Waals surface area contributed by atoms with Crippen molar-refractivity contribution in [1.82, 2.24) is 9.78 Å². The molecule has 2 N–H and O–H groups in total. The van der Waals surface area contributed by atoms with Crippen molar-refractivity contribution in [2.75, 3.05) is 5.73 Å². The maximum atomic E-state index is 5.82. The monoisotopic (exact) mass is 215 g/mol. The molecule has 1 aromatic heterocycles. The zero-order chi connectivity index (χ0) is 11.5. The van der Waals surface area contributed by atoms with E-state index in [1.54, 1.807) is 0 Å². The molecule has 0 saturated heterocycles. The fourth-order valence-electron chi connectivity index (χ4n) is 1.80. The summed E-state index contributed by atoms with van der Waals surface area (Å²) >= 11 is 0. The molecule has 0 unspecified atom stereocenters. The van der Waals surface area contributed by atoms with E-state index < -0.39 is 0 Å². The van der Waals surface area contributed by atoms with E-state index in [0.717, 1.165) is 29.9 Å². The Hall–Kier alpha value is -1.77. The molecule has 0 atom stereocenters. The predicted molar refractivity (Wildman–Crippen MR) is 67.1 cm³/mol. The van der Waals surface area contributed by atoms with Crippen LogP contribution in [0.15, 0.2) is 30.5 Å². The van der Waals surface area contributed by atoms with Gasteiger partial charge >= 0.3 is 0 Å². The van der Waals surface area contributed by atoms with Crippen LogP contribution in [-0.4, -0.2) is 9.78 Å². The third-order valence-corrected chi connectivity index (χ3v) is 2.72. The molecule has 0 saturated carbocycles. The fourth-order valence-corrected chi connectivity index (χ4v) is 1.80. The van der Waals surface area contributed by atoms with E-state index in [2.05, 4.69) is 18.1 Å². The first-order valence-electron chi connectivity index (χ1n) is 5.60. The van der Waals surface area contributed by atoms with Gasteiger partial charge in [0.15, 0.2) is 0 Å². The molecular weight excluding hydrogens is 198 g/mol. The summed E-state index contributed by atoms with van der Waals surface area (Å²) in [6, 6.07) is 8.15. The summed E-state index contributed by atoms with van der Waals surface area (Å²) in [5.41, 5.74) is 10.1. The van der Waals surface area contributed by atoms with Crippen LogP contribution < -0.4 is 5.73 Å². The predicted octanol–water partition coefficient (Wildman–Crippen LogP) is 2.85. The van der Waals surface area contributed by atoms with Crippen LogP contribution >= 0.6 is 0 Å². The molecule has 0 aliphatic carbocycles. The highest BCUT2D eigenvalue weighted by atomic mass is 15.3. The van der Waals surface area contributed by atoms with Crippen LogP contribution in [0.5, 0.6) is 0 Å².